The van der Waals surface area contributed by atoms with Crippen LogP contribution in [0.5, 0.6) is 17.2 Å². The maximum Gasteiger partial charge on any atom is 0.231 e. The fourth-order valence-corrected chi connectivity index (χ4v) is 4.34. The molecule has 0 saturated carbocycles. The molecule has 0 radical (unpaired) electrons. The van der Waals surface area contributed by atoms with Crippen molar-refractivity contribution in [2.24, 2.45) is 5.92 Å². The Balaban J connectivity index is 1.77. The third kappa shape index (κ3) is 2.40. The summed E-state index contributed by atoms with van der Waals surface area (Å²) in [6, 6.07) is 19.0. The van der Waals surface area contributed by atoms with E-state index in [0.717, 1.165) is 22.8 Å². The third-order valence-corrected chi connectivity index (χ3v) is 6.04. The van der Waals surface area contributed by atoms with Crippen LogP contribution in [0.4, 0.5) is 0 Å². The van der Waals surface area contributed by atoms with E-state index >= 15 is 0 Å². The lowest BCUT2D eigenvalue weighted by molar-refractivity contribution is -0.194. The Morgan fingerprint density at radius 2 is 1.67 bits per heavy atom. The van der Waals surface area contributed by atoms with Gasteiger partial charge >= 0.3 is 0 Å². The van der Waals surface area contributed by atoms with Crippen LogP contribution in [0.1, 0.15) is 30.9 Å². The molecule has 3 aromatic carbocycles. The van der Waals surface area contributed by atoms with E-state index in [1.165, 1.54) is 16.3 Å². The fraction of sp³-hybridized carbons (Fsp3) is 0.304. The van der Waals surface area contributed by atoms with Crippen molar-refractivity contribution in [3.05, 3.63) is 65.7 Å². The Labute approximate surface area is 158 Å². The standard InChI is InChI=1S/C23H22O4/c1-14-22(17-10-6-8-15-7-4-5-9-16(15)17)18-11-20-21(26-13-25-20)12-19(18)27-23(14,2)24-3/h4-12,14,22H,13H2,1-3H3/t14-,22+,23-/m0/s1. The lowest BCUT2D eigenvalue weighted by Gasteiger charge is -2.44. The van der Waals surface area contributed by atoms with Crippen molar-refractivity contribution in [2.75, 3.05) is 13.9 Å². The van der Waals surface area contributed by atoms with Gasteiger partial charge in [-0.3, -0.25) is 0 Å². The summed E-state index contributed by atoms with van der Waals surface area (Å²) >= 11 is 0. The minimum Gasteiger partial charge on any atom is -0.462 e. The Hall–Kier alpha value is -2.72. The Kier molecular flexibility index (Phi) is 3.59. The van der Waals surface area contributed by atoms with Crippen LogP contribution in [0.25, 0.3) is 10.8 Å². The first-order valence-corrected chi connectivity index (χ1v) is 9.26. The normalized spacial score (nSPS) is 25.9. The highest BCUT2D eigenvalue weighted by atomic mass is 16.7. The zero-order chi connectivity index (χ0) is 18.6. The van der Waals surface area contributed by atoms with E-state index in [1.54, 1.807) is 7.11 Å². The second-order valence-electron chi connectivity index (χ2n) is 7.40. The molecule has 0 spiro atoms. The lowest BCUT2D eigenvalue weighted by atomic mass is 9.74. The molecular formula is C23H22O4. The first kappa shape index (κ1) is 16.5. The number of hydrogen-bond donors (Lipinski definition) is 0. The van der Waals surface area contributed by atoms with Crippen LogP contribution in [-0.2, 0) is 4.74 Å². The second kappa shape index (κ2) is 5.89. The summed E-state index contributed by atoms with van der Waals surface area (Å²) < 4.78 is 23.4. The molecule has 27 heavy (non-hydrogen) atoms. The van der Waals surface area contributed by atoms with Crippen molar-refractivity contribution in [2.45, 2.75) is 25.6 Å². The number of benzene rings is 3. The van der Waals surface area contributed by atoms with Gasteiger partial charge in [0.25, 0.3) is 0 Å². The summed E-state index contributed by atoms with van der Waals surface area (Å²) in [6.45, 7) is 4.43. The fourth-order valence-electron chi connectivity index (χ4n) is 4.34. The minimum absolute atomic E-state index is 0.0983. The molecule has 0 amide bonds. The highest BCUT2D eigenvalue weighted by molar-refractivity contribution is 5.87. The molecule has 138 valence electrons. The predicted octanol–water partition coefficient (Wildman–Crippen LogP) is 5.09. The van der Waals surface area contributed by atoms with Gasteiger partial charge < -0.3 is 18.9 Å². The summed E-state index contributed by atoms with van der Waals surface area (Å²) in [5, 5.41) is 2.48. The highest BCUT2D eigenvalue weighted by Gasteiger charge is 2.46. The maximum atomic E-state index is 6.31. The molecule has 2 heterocycles. The van der Waals surface area contributed by atoms with Gasteiger partial charge in [-0.1, -0.05) is 49.4 Å². The molecule has 2 aliphatic rings. The summed E-state index contributed by atoms with van der Waals surface area (Å²) in [5.74, 6) is 1.76. The molecule has 0 aliphatic carbocycles. The molecule has 4 nitrogen and oxygen atoms in total. The van der Waals surface area contributed by atoms with Crippen LogP contribution in [-0.4, -0.2) is 19.7 Å². The molecule has 0 bridgehead atoms. The van der Waals surface area contributed by atoms with Gasteiger partial charge in [0.2, 0.25) is 12.6 Å². The maximum absolute atomic E-state index is 6.31. The molecule has 3 atom stereocenters. The van der Waals surface area contributed by atoms with Gasteiger partial charge in [0.15, 0.2) is 11.5 Å². The first-order valence-electron chi connectivity index (χ1n) is 9.26. The molecule has 0 N–H and O–H groups in total. The average Bonchev–Trinajstić information content (AvgIpc) is 3.15. The molecule has 4 heteroatoms. The van der Waals surface area contributed by atoms with Crippen LogP contribution in [0, 0.1) is 5.92 Å². The largest absolute Gasteiger partial charge is 0.462 e. The van der Waals surface area contributed by atoms with Gasteiger partial charge in [-0.2, -0.15) is 0 Å². The summed E-state index contributed by atoms with van der Waals surface area (Å²) in [5.41, 5.74) is 2.38. The minimum atomic E-state index is -0.734. The molecule has 0 unspecified atom stereocenters. The summed E-state index contributed by atoms with van der Waals surface area (Å²) in [6.07, 6.45) is 0. The molecule has 0 fully saturated rings. The number of methoxy groups -OCH3 is 1. The van der Waals surface area contributed by atoms with Crippen LogP contribution >= 0.6 is 0 Å². The van der Waals surface area contributed by atoms with Crippen molar-refractivity contribution in [3.8, 4) is 17.2 Å². The molecule has 3 aromatic rings. The third-order valence-electron chi connectivity index (χ3n) is 6.04. The summed E-state index contributed by atoms with van der Waals surface area (Å²) in [7, 11) is 1.70. The van der Waals surface area contributed by atoms with Crippen LogP contribution < -0.4 is 14.2 Å². The van der Waals surface area contributed by atoms with Gasteiger partial charge in [0.05, 0.1) is 0 Å². The zero-order valence-corrected chi connectivity index (χ0v) is 15.7. The van der Waals surface area contributed by atoms with Crippen molar-refractivity contribution < 1.29 is 18.9 Å². The number of hydrogen-bond acceptors (Lipinski definition) is 4. The van der Waals surface area contributed by atoms with Crippen LogP contribution in [0.3, 0.4) is 0 Å². The first-order chi connectivity index (χ1) is 13.1. The van der Waals surface area contributed by atoms with E-state index in [9.17, 15) is 0 Å². The average molecular weight is 362 g/mol. The quantitative estimate of drug-likeness (QED) is 0.636. The Bertz CT molecular complexity index is 1020. The molecule has 2 aliphatic heterocycles. The monoisotopic (exact) mass is 362 g/mol. The van der Waals surface area contributed by atoms with Crippen molar-refractivity contribution in [1.82, 2.24) is 0 Å². The van der Waals surface area contributed by atoms with Crippen LogP contribution in [0.2, 0.25) is 0 Å². The van der Waals surface area contributed by atoms with E-state index in [2.05, 4.69) is 55.5 Å². The Morgan fingerprint density at radius 1 is 0.926 bits per heavy atom. The number of rotatable bonds is 2. The van der Waals surface area contributed by atoms with Gasteiger partial charge in [-0.15, -0.1) is 0 Å². The molecule has 0 saturated heterocycles. The smallest absolute Gasteiger partial charge is 0.231 e. The molecule has 0 aromatic heterocycles. The van der Waals surface area contributed by atoms with Gasteiger partial charge in [-0.25, -0.2) is 0 Å². The zero-order valence-electron chi connectivity index (χ0n) is 15.7. The van der Waals surface area contributed by atoms with E-state index < -0.39 is 5.79 Å². The predicted molar refractivity (Wildman–Crippen MR) is 104 cm³/mol. The highest BCUT2D eigenvalue weighted by Crippen LogP contribution is 2.53. The van der Waals surface area contributed by atoms with Crippen molar-refractivity contribution in [1.29, 1.82) is 0 Å². The van der Waals surface area contributed by atoms with E-state index in [0.29, 0.717) is 0 Å². The Morgan fingerprint density at radius 3 is 2.48 bits per heavy atom. The molecule has 5 rings (SSSR count). The van der Waals surface area contributed by atoms with Gasteiger partial charge in [0, 0.05) is 37.5 Å². The van der Waals surface area contributed by atoms with Crippen LogP contribution in [0.15, 0.2) is 54.6 Å². The van der Waals surface area contributed by atoms with Gasteiger partial charge in [-0.05, 0) is 22.4 Å². The number of ether oxygens (including phenoxy) is 4. The number of fused-ring (bicyclic) bond motifs is 3. The van der Waals surface area contributed by atoms with E-state index in [4.69, 9.17) is 18.9 Å². The lowest BCUT2D eigenvalue weighted by Crippen LogP contribution is -2.47. The SMILES string of the molecule is CO[C@@]1(C)Oc2cc3c(cc2[C@@H](c2cccc4ccccc24)[C@@H]1C)OCO3. The van der Waals surface area contributed by atoms with Gasteiger partial charge in [0.1, 0.15) is 5.75 Å². The van der Waals surface area contributed by atoms with E-state index in [1.807, 2.05) is 13.0 Å². The van der Waals surface area contributed by atoms with Crippen molar-refractivity contribution >= 4 is 10.8 Å². The molecular weight excluding hydrogens is 340 g/mol. The van der Waals surface area contributed by atoms with Crippen molar-refractivity contribution in [3.63, 3.8) is 0 Å². The second-order valence-corrected chi connectivity index (χ2v) is 7.40. The topological polar surface area (TPSA) is 36.9 Å². The summed E-state index contributed by atoms with van der Waals surface area (Å²) in [4.78, 5) is 0. The van der Waals surface area contributed by atoms with E-state index in [-0.39, 0.29) is 18.6 Å².